The molecule has 1 heterocycles. The average Bonchev–Trinajstić information content (AvgIpc) is 3.19. The Morgan fingerprint density at radius 1 is 1.15 bits per heavy atom. The molecule has 8 nitrogen and oxygen atoms in total. The molecule has 0 spiro atoms. The second kappa shape index (κ2) is 10.8. The minimum absolute atomic E-state index is 0.0259. The van der Waals surface area contributed by atoms with Crippen LogP contribution in [0.5, 0.6) is 11.5 Å². The molecule has 3 amide bonds. The predicted octanol–water partition coefficient (Wildman–Crippen LogP) is 3.14. The third-order valence-corrected chi connectivity index (χ3v) is 5.37. The summed E-state index contributed by atoms with van der Waals surface area (Å²) in [4.78, 5) is 38.6. The number of nitrogens with one attached hydrogen (secondary N) is 2. The number of hydrogen-bond donors (Lipinski definition) is 2. The van der Waals surface area contributed by atoms with Crippen molar-refractivity contribution in [1.82, 2.24) is 10.9 Å². The number of aryl methyl sites for hydroxylation is 1. The molecule has 1 atom stereocenters. The van der Waals surface area contributed by atoms with Gasteiger partial charge in [0.25, 0.3) is 5.91 Å². The highest BCUT2D eigenvalue weighted by Gasteiger charge is 2.36. The number of methoxy groups -OCH3 is 1. The van der Waals surface area contributed by atoms with E-state index in [9.17, 15) is 18.8 Å². The van der Waals surface area contributed by atoms with Crippen molar-refractivity contribution < 1.29 is 28.2 Å². The first-order valence-corrected chi connectivity index (χ1v) is 10.8. The van der Waals surface area contributed by atoms with Crippen LogP contribution in [0.4, 0.5) is 10.1 Å². The highest BCUT2D eigenvalue weighted by atomic mass is 19.1. The molecular weight excluding hydrogens is 429 g/mol. The fourth-order valence-electron chi connectivity index (χ4n) is 3.49. The number of hydrazine groups is 1. The van der Waals surface area contributed by atoms with E-state index in [1.54, 1.807) is 25.1 Å². The number of ether oxygens (including phenoxy) is 2. The van der Waals surface area contributed by atoms with E-state index < -0.39 is 23.5 Å². The molecule has 3 rings (SSSR count). The van der Waals surface area contributed by atoms with Crippen LogP contribution in [-0.2, 0) is 9.59 Å². The number of anilines is 1. The van der Waals surface area contributed by atoms with E-state index in [0.717, 1.165) is 18.4 Å². The van der Waals surface area contributed by atoms with Crippen LogP contribution < -0.4 is 25.2 Å². The van der Waals surface area contributed by atoms with Crippen molar-refractivity contribution in [3.05, 3.63) is 53.3 Å². The molecule has 0 radical (unpaired) electrons. The maximum atomic E-state index is 14.3. The lowest BCUT2D eigenvalue weighted by Gasteiger charge is -2.18. The lowest BCUT2D eigenvalue weighted by atomic mass is 10.1. The van der Waals surface area contributed by atoms with Crippen molar-refractivity contribution in [3.8, 4) is 11.5 Å². The first-order valence-electron chi connectivity index (χ1n) is 10.8. The quantitative estimate of drug-likeness (QED) is 0.469. The molecular formula is C24H28FN3O5. The number of nitrogens with zero attached hydrogens (tertiary/aromatic N) is 1. The lowest BCUT2D eigenvalue weighted by Crippen LogP contribution is -2.45. The van der Waals surface area contributed by atoms with Crippen LogP contribution in [-0.4, -0.2) is 38.0 Å². The summed E-state index contributed by atoms with van der Waals surface area (Å²) in [5.74, 6) is -1.74. The van der Waals surface area contributed by atoms with E-state index in [1.807, 2.05) is 0 Å². The molecule has 2 aromatic carbocycles. The van der Waals surface area contributed by atoms with Gasteiger partial charge in [-0.3, -0.25) is 25.2 Å². The van der Waals surface area contributed by atoms with E-state index >= 15 is 0 Å². The highest BCUT2D eigenvalue weighted by molar-refractivity contribution is 6.01. The summed E-state index contributed by atoms with van der Waals surface area (Å²) in [7, 11) is 1.48. The molecule has 1 saturated heterocycles. The predicted molar refractivity (Wildman–Crippen MR) is 121 cm³/mol. The number of amides is 3. The molecule has 1 aliphatic rings. The fraction of sp³-hybridized carbons (Fsp3) is 0.375. The highest BCUT2D eigenvalue weighted by Crippen LogP contribution is 2.29. The second-order valence-corrected chi connectivity index (χ2v) is 7.87. The Morgan fingerprint density at radius 3 is 2.64 bits per heavy atom. The Kier molecular flexibility index (Phi) is 7.87. The number of benzene rings is 2. The van der Waals surface area contributed by atoms with Gasteiger partial charge in [0, 0.05) is 18.5 Å². The monoisotopic (exact) mass is 457 g/mol. The molecule has 0 aromatic heterocycles. The normalized spacial score (nSPS) is 15.3. The number of rotatable bonds is 8. The SMILES string of the molecule is CCCCOc1ccc(C(=O)NNC(=O)C2CC(=O)N(c3ccc(C)cc3F)C2)cc1OC. The number of hydrogen-bond acceptors (Lipinski definition) is 5. The first-order chi connectivity index (χ1) is 15.8. The van der Waals surface area contributed by atoms with Crippen LogP contribution in [0.25, 0.3) is 0 Å². The van der Waals surface area contributed by atoms with Crippen LogP contribution in [0.3, 0.4) is 0 Å². The summed E-state index contributed by atoms with van der Waals surface area (Å²) in [5, 5.41) is 0. The Bertz CT molecular complexity index is 1040. The molecule has 1 aliphatic heterocycles. The Hall–Kier alpha value is -3.62. The third-order valence-electron chi connectivity index (χ3n) is 5.37. The summed E-state index contributed by atoms with van der Waals surface area (Å²) < 4.78 is 25.2. The van der Waals surface area contributed by atoms with Gasteiger partial charge in [-0.15, -0.1) is 0 Å². The zero-order valence-corrected chi connectivity index (χ0v) is 18.9. The van der Waals surface area contributed by atoms with Gasteiger partial charge in [-0.1, -0.05) is 19.4 Å². The van der Waals surface area contributed by atoms with Crippen LogP contribution in [0.2, 0.25) is 0 Å². The largest absolute Gasteiger partial charge is 0.493 e. The molecule has 9 heteroatoms. The molecule has 33 heavy (non-hydrogen) atoms. The average molecular weight is 458 g/mol. The number of carbonyl (C=O) groups is 3. The zero-order chi connectivity index (χ0) is 24.0. The van der Waals surface area contributed by atoms with Crippen molar-refractivity contribution in [3.63, 3.8) is 0 Å². The summed E-state index contributed by atoms with van der Waals surface area (Å²) in [6.07, 6.45) is 1.81. The van der Waals surface area contributed by atoms with Crippen LogP contribution in [0.1, 0.15) is 42.1 Å². The molecule has 2 N–H and O–H groups in total. The van der Waals surface area contributed by atoms with E-state index in [0.29, 0.717) is 18.1 Å². The van der Waals surface area contributed by atoms with E-state index in [2.05, 4.69) is 17.8 Å². The smallest absolute Gasteiger partial charge is 0.269 e. The standard InChI is InChI=1S/C24H28FN3O5/c1-4-5-10-33-20-9-7-16(12-21(20)32-3)23(30)26-27-24(31)17-13-22(29)28(14-17)19-8-6-15(2)11-18(19)25/h6-9,11-12,17H,4-5,10,13-14H2,1-3H3,(H,26,30)(H,27,31). The Labute approximate surface area is 192 Å². The molecule has 0 aliphatic carbocycles. The molecule has 0 bridgehead atoms. The Balaban J connectivity index is 1.58. The van der Waals surface area contributed by atoms with Gasteiger partial charge >= 0.3 is 0 Å². The molecule has 2 aromatic rings. The van der Waals surface area contributed by atoms with Gasteiger partial charge in [0.2, 0.25) is 11.8 Å². The number of carbonyl (C=O) groups excluding carboxylic acids is 3. The lowest BCUT2D eigenvalue weighted by molar-refractivity contribution is -0.126. The first kappa shape index (κ1) is 24.0. The van der Waals surface area contributed by atoms with Gasteiger partial charge in [-0.25, -0.2) is 4.39 Å². The van der Waals surface area contributed by atoms with Crippen molar-refractivity contribution in [2.45, 2.75) is 33.1 Å². The Morgan fingerprint density at radius 2 is 1.94 bits per heavy atom. The minimum atomic E-state index is -0.720. The molecule has 1 fully saturated rings. The third kappa shape index (κ3) is 5.79. The van der Waals surface area contributed by atoms with Crippen molar-refractivity contribution in [2.24, 2.45) is 5.92 Å². The van der Waals surface area contributed by atoms with Crippen molar-refractivity contribution in [2.75, 3.05) is 25.2 Å². The van der Waals surface area contributed by atoms with Gasteiger partial charge in [-0.05, 0) is 49.2 Å². The summed E-state index contributed by atoms with van der Waals surface area (Å²) >= 11 is 0. The van der Waals surface area contributed by atoms with Crippen LogP contribution in [0.15, 0.2) is 36.4 Å². The van der Waals surface area contributed by atoms with Crippen molar-refractivity contribution in [1.29, 1.82) is 0 Å². The van der Waals surface area contributed by atoms with Gasteiger partial charge in [-0.2, -0.15) is 0 Å². The van der Waals surface area contributed by atoms with Gasteiger partial charge in [0.1, 0.15) is 5.82 Å². The maximum absolute atomic E-state index is 14.3. The van der Waals surface area contributed by atoms with Crippen molar-refractivity contribution >= 4 is 23.4 Å². The van der Waals surface area contributed by atoms with Gasteiger partial charge < -0.3 is 14.4 Å². The molecule has 176 valence electrons. The number of halogens is 1. The summed E-state index contributed by atoms with van der Waals surface area (Å²) in [6.45, 7) is 4.37. The number of unbranched alkanes of at least 4 members (excludes halogenated alkanes) is 1. The minimum Gasteiger partial charge on any atom is -0.493 e. The van der Waals surface area contributed by atoms with E-state index in [4.69, 9.17) is 9.47 Å². The van der Waals surface area contributed by atoms with E-state index in [-0.39, 0.29) is 30.1 Å². The van der Waals surface area contributed by atoms with Gasteiger partial charge in [0.15, 0.2) is 11.5 Å². The maximum Gasteiger partial charge on any atom is 0.269 e. The van der Waals surface area contributed by atoms with Gasteiger partial charge in [0.05, 0.1) is 25.3 Å². The van der Waals surface area contributed by atoms with E-state index in [1.165, 1.54) is 30.2 Å². The molecule has 1 unspecified atom stereocenters. The fourth-order valence-corrected chi connectivity index (χ4v) is 3.49. The topological polar surface area (TPSA) is 97.0 Å². The molecule has 0 saturated carbocycles. The zero-order valence-electron chi connectivity index (χ0n) is 18.9. The summed E-state index contributed by atoms with van der Waals surface area (Å²) in [5.41, 5.74) is 5.83. The van der Waals surface area contributed by atoms with Crippen LogP contribution in [0, 0.1) is 18.7 Å². The van der Waals surface area contributed by atoms with Crippen LogP contribution >= 0.6 is 0 Å². The summed E-state index contributed by atoms with van der Waals surface area (Å²) in [6, 6.07) is 9.27. The second-order valence-electron chi connectivity index (χ2n) is 7.87.